The fraction of sp³-hybridized carbons (Fsp3) is 0.583. The number of rotatable bonds is 1. The highest BCUT2D eigenvalue weighted by Crippen LogP contribution is 2.39. The van der Waals surface area contributed by atoms with E-state index in [0.29, 0.717) is 19.5 Å². The molecule has 0 radical (unpaired) electrons. The van der Waals surface area contributed by atoms with Gasteiger partial charge in [-0.15, -0.1) is 0 Å². The van der Waals surface area contributed by atoms with Crippen molar-refractivity contribution in [2.45, 2.75) is 25.1 Å². The quantitative estimate of drug-likeness (QED) is 0.783. The highest BCUT2D eigenvalue weighted by molar-refractivity contribution is 6.30. The van der Waals surface area contributed by atoms with Gasteiger partial charge in [0.15, 0.2) is 0 Å². The van der Waals surface area contributed by atoms with Gasteiger partial charge in [0.05, 0.1) is 5.60 Å². The van der Waals surface area contributed by atoms with Crippen molar-refractivity contribution in [3.8, 4) is 0 Å². The van der Waals surface area contributed by atoms with Crippen LogP contribution in [-0.2, 0) is 11.8 Å². The van der Waals surface area contributed by atoms with Gasteiger partial charge >= 0.3 is 6.18 Å². The molecule has 106 valence electrons. The maximum absolute atomic E-state index is 12.5. The smallest absolute Gasteiger partial charge is 0.385 e. The van der Waals surface area contributed by atoms with Gasteiger partial charge in [-0.05, 0) is 19.0 Å². The van der Waals surface area contributed by atoms with Crippen LogP contribution in [0.25, 0.3) is 0 Å². The molecule has 0 amide bonds. The summed E-state index contributed by atoms with van der Waals surface area (Å²) < 4.78 is 37.6. The van der Waals surface area contributed by atoms with Crippen LogP contribution in [0.15, 0.2) is 12.1 Å². The van der Waals surface area contributed by atoms with Crippen LogP contribution < -0.4 is 5.32 Å². The minimum atomic E-state index is -4.54. The molecule has 1 aromatic rings. The van der Waals surface area contributed by atoms with E-state index >= 15 is 0 Å². The molecule has 0 aliphatic carbocycles. The number of hydrogen-bond donors (Lipinski definition) is 2. The van der Waals surface area contributed by atoms with Gasteiger partial charge in [-0.25, -0.2) is 4.98 Å². The van der Waals surface area contributed by atoms with Crippen molar-refractivity contribution in [1.29, 1.82) is 0 Å². The third kappa shape index (κ3) is 2.70. The second kappa shape index (κ2) is 4.92. The summed E-state index contributed by atoms with van der Waals surface area (Å²) in [4.78, 5) is 3.36. The van der Waals surface area contributed by atoms with Gasteiger partial charge in [0.1, 0.15) is 10.8 Å². The van der Waals surface area contributed by atoms with E-state index in [1.165, 1.54) is 6.07 Å². The van der Waals surface area contributed by atoms with Gasteiger partial charge in [-0.1, -0.05) is 24.6 Å². The van der Waals surface area contributed by atoms with Crippen LogP contribution in [0.5, 0.6) is 0 Å². The van der Waals surface area contributed by atoms with Crippen LogP contribution >= 0.6 is 11.6 Å². The van der Waals surface area contributed by atoms with Gasteiger partial charge in [0.2, 0.25) is 0 Å². The number of alkyl halides is 3. The van der Waals surface area contributed by atoms with Crippen LogP contribution in [-0.4, -0.2) is 23.2 Å². The minimum absolute atomic E-state index is 0.155. The fourth-order valence-corrected chi connectivity index (χ4v) is 2.65. The third-order valence-electron chi connectivity index (χ3n) is 3.55. The van der Waals surface area contributed by atoms with Crippen LogP contribution in [0.1, 0.15) is 24.6 Å². The Balaban J connectivity index is 2.41. The van der Waals surface area contributed by atoms with E-state index in [0.717, 1.165) is 6.07 Å². The lowest BCUT2D eigenvalue weighted by molar-refractivity contribution is -0.141. The van der Waals surface area contributed by atoms with E-state index in [2.05, 4.69) is 10.3 Å². The lowest BCUT2D eigenvalue weighted by Gasteiger charge is -2.39. The second-order valence-electron chi connectivity index (χ2n) is 4.81. The number of piperidine rings is 1. The van der Waals surface area contributed by atoms with E-state index in [4.69, 9.17) is 11.6 Å². The van der Waals surface area contributed by atoms with Crippen LogP contribution in [0.4, 0.5) is 13.2 Å². The number of aliphatic hydroxyl groups is 1. The Hall–Kier alpha value is -0.850. The molecule has 2 N–H and O–H groups in total. The second-order valence-corrected chi connectivity index (χ2v) is 5.17. The molecule has 1 aliphatic heterocycles. The van der Waals surface area contributed by atoms with Crippen molar-refractivity contribution >= 4 is 11.6 Å². The predicted octanol–water partition coefficient (Wildman–Crippen LogP) is 2.57. The van der Waals surface area contributed by atoms with Gasteiger partial charge in [-0.3, -0.25) is 0 Å². The first-order chi connectivity index (χ1) is 8.75. The summed E-state index contributed by atoms with van der Waals surface area (Å²) in [6.07, 6.45) is -4.15. The molecule has 2 heterocycles. The molecule has 1 aromatic heterocycles. The monoisotopic (exact) mass is 294 g/mol. The van der Waals surface area contributed by atoms with Crippen molar-refractivity contribution in [3.63, 3.8) is 0 Å². The van der Waals surface area contributed by atoms with Gasteiger partial charge in [0, 0.05) is 18.0 Å². The number of aromatic nitrogens is 1. The largest absolute Gasteiger partial charge is 0.433 e. The Morgan fingerprint density at radius 3 is 2.68 bits per heavy atom. The van der Waals surface area contributed by atoms with E-state index in [1.54, 1.807) is 0 Å². The Morgan fingerprint density at radius 2 is 2.16 bits per heavy atom. The molecule has 7 heteroatoms. The molecule has 2 atom stereocenters. The van der Waals surface area contributed by atoms with E-state index in [1.807, 2.05) is 6.92 Å². The van der Waals surface area contributed by atoms with Crippen molar-refractivity contribution < 1.29 is 18.3 Å². The van der Waals surface area contributed by atoms with E-state index in [-0.39, 0.29) is 16.6 Å². The van der Waals surface area contributed by atoms with E-state index in [9.17, 15) is 18.3 Å². The molecule has 1 fully saturated rings. The van der Waals surface area contributed by atoms with Crippen LogP contribution in [0, 0.1) is 5.92 Å². The first-order valence-corrected chi connectivity index (χ1v) is 6.30. The summed E-state index contributed by atoms with van der Waals surface area (Å²) in [6, 6.07) is 2.08. The standard InChI is InChI=1S/C12H14ClF3N2O/c1-7-6-17-5-4-11(7,19)8-2-3-9(12(14,15)16)18-10(8)13/h2-3,7,17,19H,4-6H2,1H3. The molecule has 1 saturated heterocycles. The third-order valence-corrected chi connectivity index (χ3v) is 3.84. The summed E-state index contributed by atoms with van der Waals surface area (Å²) >= 11 is 5.83. The van der Waals surface area contributed by atoms with Gasteiger partial charge < -0.3 is 10.4 Å². The SMILES string of the molecule is CC1CNCCC1(O)c1ccc(C(F)(F)F)nc1Cl. The molecule has 0 bridgehead atoms. The Morgan fingerprint density at radius 1 is 1.47 bits per heavy atom. The number of nitrogens with zero attached hydrogens (tertiary/aromatic N) is 1. The molecule has 3 nitrogen and oxygen atoms in total. The molecular formula is C12H14ClF3N2O. The minimum Gasteiger partial charge on any atom is -0.385 e. The first kappa shape index (κ1) is 14.6. The molecule has 19 heavy (non-hydrogen) atoms. The van der Waals surface area contributed by atoms with Crippen molar-refractivity contribution in [2.24, 2.45) is 5.92 Å². The number of hydrogen-bond acceptors (Lipinski definition) is 3. The lowest BCUT2D eigenvalue weighted by atomic mass is 9.78. The van der Waals surface area contributed by atoms with Gasteiger partial charge in [0.25, 0.3) is 0 Å². The Kier molecular flexibility index (Phi) is 3.77. The summed E-state index contributed by atoms with van der Waals surface area (Å²) in [7, 11) is 0. The molecule has 1 aliphatic rings. The summed E-state index contributed by atoms with van der Waals surface area (Å²) in [5, 5.41) is 13.5. The number of halogens is 4. The summed E-state index contributed by atoms with van der Waals surface area (Å²) in [5.41, 5.74) is -2.03. The van der Waals surface area contributed by atoms with Gasteiger partial charge in [-0.2, -0.15) is 13.2 Å². The average Bonchev–Trinajstić information content (AvgIpc) is 2.31. The van der Waals surface area contributed by atoms with Crippen molar-refractivity contribution in [3.05, 3.63) is 28.5 Å². The summed E-state index contributed by atoms with van der Waals surface area (Å²) in [6.45, 7) is 2.98. The van der Waals surface area contributed by atoms with Crippen LogP contribution in [0.3, 0.4) is 0 Å². The topological polar surface area (TPSA) is 45.1 Å². The molecule has 2 unspecified atom stereocenters. The normalized spacial score (nSPS) is 28.4. The van der Waals surface area contributed by atoms with E-state index < -0.39 is 17.5 Å². The zero-order chi connectivity index (χ0) is 14.3. The average molecular weight is 295 g/mol. The Bertz CT molecular complexity index is 481. The zero-order valence-electron chi connectivity index (χ0n) is 10.3. The van der Waals surface area contributed by atoms with Crippen molar-refractivity contribution in [2.75, 3.05) is 13.1 Å². The highest BCUT2D eigenvalue weighted by Gasteiger charge is 2.41. The predicted molar refractivity (Wildman–Crippen MR) is 64.8 cm³/mol. The lowest BCUT2D eigenvalue weighted by Crippen LogP contribution is -2.47. The molecule has 0 spiro atoms. The molecule has 0 aromatic carbocycles. The molecule has 2 rings (SSSR count). The van der Waals surface area contributed by atoms with Crippen molar-refractivity contribution in [1.82, 2.24) is 10.3 Å². The number of pyridine rings is 1. The Labute approximate surface area is 113 Å². The maximum atomic E-state index is 12.5. The fourth-order valence-electron chi connectivity index (χ4n) is 2.33. The molecule has 0 saturated carbocycles. The number of nitrogens with one attached hydrogen (secondary N) is 1. The first-order valence-electron chi connectivity index (χ1n) is 5.92. The zero-order valence-corrected chi connectivity index (χ0v) is 11.0. The summed E-state index contributed by atoms with van der Waals surface area (Å²) in [5.74, 6) is -0.155. The van der Waals surface area contributed by atoms with Crippen LogP contribution in [0.2, 0.25) is 5.15 Å². The highest BCUT2D eigenvalue weighted by atomic mass is 35.5. The molecular weight excluding hydrogens is 281 g/mol. The maximum Gasteiger partial charge on any atom is 0.433 e.